The van der Waals surface area contributed by atoms with E-state index < -0.39 is 0 Å². The molecular weight excluding hydrogens is 174 g/mol. The molecule has 0 fully saturated rings. The predicted octanol–water partition coefficient (Wildman–Crippen LogP) is 2.21. The summed E-state index contributed by atoms with van der Waals surface area (Å²) < 4.78 is 5.69. The third kappa shape index (κ3) is 1.62. The molecule has 1 aliphatic heterocycles. The Kier molecular flexibility index (Phi) is 2.73. The van der Waals surface area contributed by atoms with Crippen LogP contribution in [-0.4, -0.2) is 13.2 Å². The van der Waals surface area contributed by atoms with E-state index in [9.17, 15) is 0 Å². The topological polar surface area (TPSA) is 35.2 Å². The highest BCUT2D eigenvalue weighted by Crippen LogP contribution is 2.37. The Morgan fingerprint density at radius 2 is 2.36 bits per heavy atom. The van der Waals surface area contributed by atoms with Crippen molar-refractivity contribution in [2.24, 2.45) is 5.73 Å². The van der Waals surface area contributed by atoms with Crippen LogP contribution in [0.2, 0.25) is 0 Å². The van der Waals surface area contributed by atoms with Crippen LogP contribution < -0.4 is 10.5 Å². The Labute approximate surface area is 85.1 Å². The van der Waals surface area contributed by atoms with Gasteiger partial charge >= 0.3 is 0 Å². The Bertz CT molecular complexity index is 322. The van der Waals surface area contributed by atoms with E-state index in [1.807, 2.05) is 0 Å². The van der Waals surface area contributed by atoms with E-state index in [2.05, 4.69) is 25.1 Å². The Balaban J connectivity index is 2.34. The fourth-order valence-electron chi connectivity index (χ4n) is 2.15. The lowest BCUT2D eigenvalue weighted by Crippen LogP contribution is -2.17. The number of para-hydroxylation sites is 1. The van der Waals surface area contributed by atoms with Crippen LogP contribution >= 0.6 is 0 Å². The van der Waals surface area contributed by atoms with Crippen molar-refractivity contribution in [2.75, 3.05) is 13.2 Å². The molecule has 1 aliphatic rings. The van der Waals surface area contributed by atoms with E-state index in [-0.39, 0.29) is 0 Å². The maximum atomic E-state index is 5.69. The van der Waals surface area contributed by atoms with Gasteiger partial charge in [0.2, 0.25) is 0 Å². The van der Waals surface area contributed by atoms with Gasteiger partial charge in [-0.2, -0.15) is 0 Å². The van der Waals surface area contributed by atoms with Crippen LogP contribution in [0.4, 0.5) is 0 Å². The number of rotatable bonds is 2. The van der Waals surface area contributed by atoms with Crippen molar-refractivity contribution in [3.8, 4) is 5.75 Å². The Morgan fingerprint density at radius 1 is 1.50 bits per heavy atom. The van der Waals surface area contributed by atoms with E-state index in [1.54, 1.807) is 0 Å². The summed E-state index contributed by atoms with van der Waals surface area (Å²) in [5, 5.41) is 0. The van der Waals surface area contributed by atoms with E-state index in [0.29, 0.717) is 5.92 Å². The Hall–Kier alpha value is -1.02. The molecule has 0 spiro atoms. The zero-order chi connectivity index (χ0) is 9.97. The van der Waals surface area contributed by atoms with Crippen LogP contribution in [0.15, 0.2) is 18.2 Å². The molecule has 0 saturated carbocycles. The van der Waals surface area contributed by atoms with Crippen molar-refractivity contribution >= 4 is 0 Å². The molecule has 14 heavy (non-hydrogen) atoms. The third-order valence-electron chi connectivity index (χ3n) is 2.91. The predicted molar refractivity (Wildman–Crippen MR) is 57.7 cm³/mol. The molecule has 2 heteroatoms. The lowest BCUT2D eigenvalue weighted by Gasteiger charge is -2.26. The third-order valence-corrected chi connectivity index (χ3v) is 2.91. The number of hydrogen-bond donors (Lipinski definition) is 1. The zero-order valence-corrected chi connectivity index (χ0v) is 8.62. The molecular formula is C12H17NO. The maximum absolute atomic E-state index is 5.69. The van der Waals surface area contributed by atoms with Crippen molar-refractivity contribution in [3.05, 3.63) is 29.3 Å². The van der Waals surface area contributed by atoms with E-state index in [1.165, 1.54) is 11.1 Å². The molecule has 76 valence electrons. The molecule has 1 unspecified atom stereocenters. The lowest BCUT2D eigenvalue weighted by atomic mass is 9.89. The van der Waals surface area contributed by atoms with Crippen molar-refractivity contribution < 1.29 is 4.74 Å². The van der Waals surface area contributed by atoms with E-state index >= 15 is 0 Å². The standard InChI is InChI=1S/C12H17NO/c1-9-3-2-4-11-10(5-7-13)6-8-14-12(9)11/h2-4,10H,5-8,13H2,1H3. The highest BCUT2D eigenvalue weighted by atomic mass is 16.5. The average Bonchev–Trinajstić information content (AvgIpc) is 2.20. The van der Waals surface area contributed by atoms with Gasteiger partial charge in [0.15, 0.2) is 0 Å². The molecule has 0 amide bonds. The van der Waals surface area contributed by atoms with Gasteiger partial charge in [-0.25, -0.2) is 0 Å². The SMILES string of the molecule is Cc1cccc2c1OCCC2CCN. The minimum absolute atomic E-state index is 0.601. The van der Waals surface area contributed by atoms with E-state index in [4.69, 9.17) is 10.5 Å². The number of ether oxygens (including phenoxy) is 1. The van der Waals surface area contributed by atoms with Gasteiger partial charge in [0, 0.05) is 0 Å². The second-order valence-electron chi connectivity index (χ2n) is 3.90. The molecule has 2 N–H and O–H groups in total. The van der Waals surface area contributed by atoms with Crippen molar-refractivity contribution in [3.63, 3.8) is 0 Å². The highest BCUT2D eigenvalue weighted by Gasteiger charge is 2.21. The van der Waals surface area contributed by atoms with Crippen LogP contribution in [0.3, 0.4) is 0 Å². The molecule has 0 aromatic heterocycles. The number of nitrogens with two attached hydrogens (primary N) is 1. The monoisotopic (exact) mass is 191 g/mol. The zero-order valence-electron chi connectivity index (χ0n) is 8.62. The minimum Gasteiger partial charge on any atom is -0.493 e. The van der Waals surface area contributed by atoms with Crippen molar-refractivity contribution in [1.82, 2.24) is 0 Å². The molecule has 2 nitrogen and oxygen atoms in total. The Morgan fingerprint density at radius 3 is 3.14 bits per heavy atom. The largest absolute Gasteiger partial charge is 0.493 e. The first-order valence-electron chi connectivity index (χ1n) is 5.25. The first kappa shape index (κ1) is 9.53. The lowest BCUT2D eigenvalue weighted by molar-refractivity contribution is 0.262. The van der Waals surface area contributed by atoms with Crippen LogP contribution in [-0.2, 0) is 0 Å². The summed E-state index contributed by atoms with van der Waals surface area (Å²) in [6.45, 7) is 3.70. The highest BCUT2D eigenvalue weighted by molar-refractivity contribution is 5.44. The normalized spacial score (nSPS) is 20.0. The van der Waals surface area contributed by atoms with Gasteiger partial charge in [0.1, 0.15) is 5.75 Å². The van der Waals surface area contributed by atoms with Crippen LogP contribution in [0.1, 0.15) is 29.9 Å². The summed E-state index contributed by atoms with van der Waals surface area (Å²) in [7, 11) is 0. The number of aryl methyl sites for hydroxylation is 1. The van der Waals surface area contributed by atoms with E-state index in [0.717, 1.165) is 31.7 Å². The molecule has 1 aromatic carbocycles. The first-order chi connectivity index (χ1) is 6.83. The molecule has 1 heterocycles. The maximum Gasteiger partial charge on any atom is 0.125 e. The molecule has 0 aliphatic carbocycles. The summed E-state index contributed by atoms with van der Waals surface area (Å²) >= 11 is 0. The number of hydrogen-bond acceptors (Lipinski definition) is 2. The molecule has 1 atom stereocenters. The van der Waals surface area contributed by atoms with Gasteiger partial charge in [-0.1, -0.05) is 18.2 Å². The molecule has 0 saturated heterocycles. The summed E-state index contributed by atoms with van der Waals surface area (Å²) in [4.78, 5) is 0. The van der Waals surface area contributed by atoms with Gasteiger partial charge in [0.25, 0.3) is 0 Å². The smallest absolute Gasteiger partial charge is 0.125 e. The molecule has 0 bridgehead atoms. The molecule has 2 rings (SSSR count). The van der Waals surface area contributed by atoms with Crippen LogP contribution in [0.25, 0.3) is 0 Å². The van der Waals surface area contributed by atoms with Crippen LogP contribution in [0, 0.1) is 6.92 Å². The number of fused-ring (bicyclic) bond motifs is 1. The van der Waals surface area contributed by atoms with Gasteiger partial charge < -0.3 is 10.5 Å². The summed E-state index contributed by atoms with van der Waals surface area (Å²) in [6, 6.07) is 6.37. The first-order valence-corrected chi connectivity index (χ1v) is 5.25. The quantitative estimate of drug-likeness (QED) is 0.777. The fourth-order valence-corrected chi connectivity index (χ4v) is 2.15. The fraction of sp³-hybridized carbons (Fsp3) is 0.500. The second kappa shape index (κ2) is 4.01. The van der Waals surface area contributed by atoms with Gasteiger partial charge in [-0.15, -0.1) is 0 Å². The summed E-state index contributed by atoms with van der Waals surface area (Å²) in [5.41, 5.74) is 8.20. The van der Waals surface area contributed by atoms with Crippen molar-refractivity contribution in [1.29, 1.82) is 0 Å². The van der Waals surface area contributed by atoms with Crippen molar-refractivity contribution in [2.45, 2.75) is 25.7 Å². The van der Waals surface area contributed by atoms with Crippen LogP contribution in [0.5, 0.6) is 5.75 Å². The number of benzene rings is 1. The van der Waals surface area contributed by atoms with Gasteiger partial charge in [-0.05, 0) is 43.4 Å². The summed E-state index contributed by atoms with van der Waals surface area (Å²) in [6.07, 6.45) is 2.17. The molecule has 1 aromatic rings. The van der Waals surface area contributed by atoms with Gasteiger partial charge in [-0.3, -0.25) is 0 Å². The second-order valence-corrected chi connectivity index (χ2v) is 3.90. The summed E-state index contributed by atoms with van der Waals surface area (Å²) in [5.74, 6) is 1.70. The average molecular weight is 191 g/mol. The minimum atomic E-state index is 0.601. The molecule has 0 radical (unpaired) electrons. The van der Waals surface area contributed by atoms with Gasteiger partial charge in [0.05, 0.1) is 6.61 Å².